The van der Waals surface area contributed by atoms with E-state index in [9.17, 15) is 22.0 Å². The van der Waals surface area contributed by atoms with Crippen LogP contribution in [0.15, 0.2) is 58.5 Å². The van der Waals surface area contributed by atoms with Crippen molar-refractivity contribution in [3.05, 3.63) is 70.2 Å². The molecular weight excluding hydrogens is 376 g/mol. The summed E-state index contributed by atoms with van der Waals surface area (Å²) in [6, 6.07) is 7.77. The topological polar surface area (TPSA) is 72.5 Å². The first-order valence-electron chi connectivity index (χ1n) is 6.76. The van der Waals surface area contributed by atoms with Crippen molar-refractivity contribution in [1.29, 1.82) is 0 Å². The summed E-state index contributed by atoms with van der Waals surface area (Å²) in [6.45, 7) is 0. The molecule has 0 aliphatic rings. The molecule has 0 heterocycles. The van der Waals surface area contributed by atoms with Crippen LogP contribution in [0.4, 0.5) is 14.5 Å². The summed E-state index contributed by atoms with van der Waals surface area (Å²) < 4.78 is 56.2. The molecule has 0 aliphatic heterocycles. The second-order valence-corrected chi connectivity index (χ2v) is 7.08. The van der Waals surface area contributed by atoms with E-state index in [1.54, 1.807) is 0 Å². The summed E-state index contributed by atoms with van der Waals surface area (Å²) in [5.74, 6) is -2.90. The van der Waals surface area contributed by atoms with Crippen LogP contribution in [0.25, 0.3) is 0 Å². The van der Waals surface area contributed by atoms with Crippen LogP contribution in [0.5, 0.6) is 0 Å². The standard InChI is InChI=1S/C16H12ClF2NO4S/c1-24-16(21)15(9-20-14-7-4-11(18)8-13(14)19)25(22,23)12-5-2-10(17)3-6-12/h2-9,20H,1H3/b15-9-. The molecule has 0 bridgehead atoms. The number of methoxy groups -OCH3 is 1. The van der Waals surface area contributed by atoms with Crippen molar-refractivity contribution in [3.8, 4) is 0 Å². The number of benzene rings is 2. The monoisotopic (exact) mass is 387 g/mol. The molecule has 9 heteroatoms. The number of esters is 1. The number of hydrogen-bond donors (Lipinski definition) is 1. The molecule has 0 aromatic heterocycles. The van der Waals surface area contributed by atoms with Crippen LogP contribution >= 0.6 is 11.6 Å². The van der Waals surface area contributed by atoms with Crippen molar-refractivity contribution >= 4 is 33.1 Å². The predicted molar refractivity (Wildman–Crippen MR) is 88.7 cm³/mol. The first kappa shape index (κ1) is 18.9. The zero-order valence-electron chi connectivity index (χ0n) is 12.8. The summed E-state index contributed by atoms with van der Waals surface area (Å²) in [7, 11) is -3.25. The Morgan fingerprint density at radius 3 is 2.36 bits per heavy atom. The smallest absolute Gasteiger partial charge is 0.351 e. The molecule has 132 valence electrons. The van der Waals surface area contributed by atoms with Crippen LogP contribution in [0.3, 0.4) is 0 Å². The third-order valence-corrected chi connectivity index (χ3v) is 5.10. The maximum atomic E-state index is 13.6. The highest BCUT2D eigenvalue weighted by molar-refractivity contribution is 7.96. The Morgan fingerprint density at radius 2 is 1.80 bits per heavy atom. The van der Waals surface area contributed by atoms with Gasteiger partial charge in [0.1, 0.15) is 11.6 Å². The van der Waals surface area contributed by atoms with Gasteiger partial charge in [0.05, 0.1) is 17.7 Å². The van der Waals surface area contributed by atoms with Crippen molar-refractivity contribution < 1.29 is 26.7 Å². The Bertz CT molecular complexity index is 928. The predicted octanol–water partition coefficient (Wildman–Crippen LogP) is 3.52. The lowest BCUT2D eigenvalue weighted by Gasteiger charge is -2.09. The third kappa shape index (κ3) is 4.34. The van der Waals surface area contributed by atoms with Crippen LogP contribution in [0, 0.1) is 11.6 Å². The van der Waals surface area contributed by atoms with Gasteiger partial charge in [-0.25, -0.2) is 22.0 Å². The zero-order chi connectivity index (χ0) is 18.6. The average molecular weight is 388 g/mol. The van der Waals surface area contributed by atoms with E-state index < -0.39 is 32.3 Å². The molecule has 0 saturated carbocycles. The minimum atomic E-state index is -4.25. The van der Waals surface area contributed by atoms with Crippen LogP contribution in [-0.2, 0) is 19.4 Å². The minimum Gasteiger partial charge on any atom is -0.465 e. The van der Waals surface area contributed by atoms with Gasteiger partial charge in [0.15, 0.2) is 4.91 Å². The lowest BCUT2D eigenvalue weighted by Crippen LogP contribution is -2.17. The Morgan fingerprint density at radius 1 is 1.16 bits per heavy atom. The van der Waals surface area contributed by atoms with Crippen molar-refractivity contribution in [2.45, 2.75) is 4.90 Å². The van der Waals surface area contributed by atoms with Gasteiger partial charge in [-0.1, -0.05) is 11.6 Å². The van der Waals surface area contributed by atoms with Crippen LogP contribution in [0.2, 0.25) is 5.02 Å². The molecule has 5 nitrogen and oxygen atoms in total. The number of halogens is 3. The molecule has 0 amide bonds. The van der Waals surface area contributed by atoms with Gasteiger partial charge in [-0.2, -0.15) is 0 Å². The third-order valence-electron chi connectivity index (χ3n) is 3.09. The summed E-state index contributed by atoms with van der Waals surface area (Å²) in [5, 5.41) is 2.65. The fraction of sp³-hybridized carbons (Fsp3) is 0.0625. The number of carbonyl (C=O) groups excluding carboxylic acids is 1. The second kappa shape index (κ2) is 7.62. The Hall–Kier alpha value is -2.45. The first-order chi connectivity index (χ1) is 11.8. The van der Waals surface area contributed by atoms with E-state index >= 15 is 0 Å². The molecule has 2 aromatic carbocycles. The van der Waals surface area contributed by atoms with E-state index in [2.05, 4.69) is 10.1 Å². The van der Waals surface area contributed by atoms with E-state index in [0.717, 1.165) is 25.4 Å². The molecule has 0 fully saturated rings. The van der Waals surface area contributed by atoms with E-state index in [4.69, 9.17) is 11.6 Å². The van der Waals surface area contributed by atoms with Gasteiger partial charge in [-0.15, -0.1) is 0 Å². The SMILES string of the molecule is COC(=O)/C(=C/Nc1ccc(F)cc1F)S(=O)(=O)c1ccc(Cl)cc1. The molecule has 0 radical (unpaired) electrons. The maximum absolute atomic E-state index is 13.6. The number of ether oxygens (including phenoxy) is 1. The summed E-state index contributed by atoms with van der Waals surface area (Å²) >= 11 is 5.72. The summed E-state index contributed by atoms with van der Waals surface area (Å²) in [6.07, 6.45) is 0.784. The molecule has 0 saturated heterocycles. The summed E-state index contributed by atoms with van der Waals surface area (Å²) in [4.78, 5) is 10.9. The van der Waals surface area contributed by atoms with Gasteiger partial charge in [0, 0.05) is 17.3 Å². The van der Waals surface area contributed by atoms with Gasteiger partial charge in [0.25, 0.3) is 0 Å². The highest BCUT2D eigenvalue weighted by atomic mass is 35.5. The van der Waals surface area contributed by atoms with Crippen LogP contribution < -0.4 is 5.32 Å². The second-order valence-electron chi connectivity index (χ2n) is 4.73. The molecule has 2 rings (SSSR count). The van der Waals surface area contributed by atoms with Crippen molar-refractivity contribution in [1.82, 2.24) is 0 Å². The first-order valence-corrected chi connectivity index (χ1v) is 8.62. The lowest BCUT2D eigenvalue weighted by molar-refractivity contribution is -0.135. The number of rotatable bonds is 5. The Labute approximate surface area is 147 Å². The molecule has 1 N–H and O–H groups in total. The van der Waals surface area contributed by atoms with Crippen molar-refractivity contribution in [2.75, 3.05) is 12.4 Å². The zero-order valence-corrected chi connectivity index (χ0v) is 14.4. The minimum absolute atomic E-state index is 0.199. The highest BCUT2D eigenvalue weighted by Gasteiger charge is 2.28. The number of hydrogen-bond acceptors (Lipinski definition) is 5. The van der Waals surface area contributed by atoms with Gasteiger partial charge < -0.3 is 10.1 Å². The average Bonchev–Trinajstić information content (AvgIpc) is 2.56. The van der Waals surface area contributed by atoms with Crippen LogP contribution in [-0.4, -0.2) is 21.5 Å². The van der Waals surface area contributed by atoms with Gasteiger partial charge in [-0.3, -0.25) is 0 Å². The van der Waals surface area contributed by atoms with E-state index in [-0.39, 0.29) is 10.6 Å². The molecule has 0 unspecified atom stereocenters. The fourth-order valence-corrected chi connectivity index (χ4v) is 3.23. The van der Waals surface area contributed by atoms with Crippen molar-refractivity contribution in [3.63, 3.8) is 0 Å². The maximum Gasteiger partial charge on any atom is 0.351 e. The van der Waals surface area contributed by atoms with E-state index in [0.29, 0.717) is 11.1 Å². The van der Waals surface area contributed by atoms with Crippen molar-refractivity contribution in [2.24, 2.45) is 0 Å². The highest BCUT2D eigenvalue weighted by Crippen LogP contribution is 2.23. The quantitative estimate of drug-likeness (QED) is 0.627. The van der Waals surface area contributed by atoms with E-state index in [1.807, 2.05) is 0 Å². The van der Waals surface area contributed by atoms with Crippen LogP contribution in [0.1, 0.15) is 0 Å². The molecule has 0 spiro atoms. The summed E-state index contributed by atoms with van der Waals surface area (Å²) in [5.41, 5.74) is -0.214. The van der Waals surface area contributed by atoms with E-state index in [1.165, 1.54) is 24.3 Å². The van der Waals surface area contributed by atoms with Gasteiger partial charge in [-0.05, 0) is 36.4 Å². The molecule has 2 aromatic rings. The van der Waals surface area contributed by atoms with Gasteiger partial charge in [0.2, 0.25) is 9.84 Å². The molecule has 0 atom stereocenters. The largest absolute Gasteiger partial charge is 0.465 e. The molecule has 0 aliphatic carbocycles. The number of sulfone groups is 1. The Kier molecular flexibility index (Phi) is 5.76. The normalized spacial score (nSPS) is 11.9. The molecular formula is C16H12ClF2NO4S. The number of anilines is 1. The number of nitrogens with one attached hydrogen (secondary N) is 1. The Balaban J connectivity index is 2.45. The number of carbonyl (C=O) groups is 1. The fourth-order valence-electron chi connectivity index (χ4n) is 1.84. The molecule has 25 heavy (non-hydrogen) atoms. The lowest BCUT2D eigenvalue weighted by atomic mass is 10.3. The van der Waals surface area contributed by atoms with Gasteiger partial charge >= 0.3 is 5.97 Å².